The number of sulfonamides is 1. The number of hydrogen-bond donors (Lipinski definition) is 2. The molecule has 3 aromatic rings. The van der Waals surface area contributed by atoms with E-state index in [1.807, 2.05) is 0 Å². The number of rotatable bonds is 6. The first-order chi connectivity index (χ1) is 14.1. The molecule has 0 saturated carbocycles. The number of amides is 1. The molecule has 7 nitrogen and oxygen atoms in total. The van der Waals surface area contributed by atoms with Crippen molar-refractivity contribution < 1.29 is 22.3 Å². The second-order valence-electron chi connectivity index (χ2n) is 6.09. The Bertz CT molecular complexity index is 1220. The van der Waals surface area contributed by atoms with Crippen LogP contribution in [0.3, 0.4) is 0 Å². The van der Waals surface area contributed by atoms with Gasteiger partial charge in [-0.25, -0.2) is 22.9 Å². The number of ether oxygens (including phenoxy) is 1. The molecule has 0 unspecified atom stereocenters. The second kappa shape index (κ2) is 8.97. The fraction of sp³-hybridized carbons (Fsp3) is 0.0526. The summed E-state index contributed by atoms with van der Waals surface area (Å²) in [6.45, 7) is 0. The summed E-state index contributed by atoms with van der Waals surface area (Å²) in [5.74, 6) is -1.14. The van der Waals surface area contributed by atoms with Crippen molar-refractivity contribution in [1.82, 2.24) is 4.98 Å². The maximum atomic E-state index is 13.4. The van der Waals surface area contributed by atoms with E-state index < -0.39 is 26.6 Å². The number of nitrogens with two attached hydrogens (primary N) is 1. The highest BCUT2D eigenvalue weighted by Crippen LogP contribution is 2.29. The van der Waals surface area contributed by atoms with Gasteiger partial charge in [-0.3, -0.25) is 4.79 Å². The molecule has 0 aliphatic carbocycles. The van der Waals surface area contributed by atoms with Crippen molar-refractivity contribution >= 4 is 44.8 Å². The van der Waals surface area contributed by atoms with Gasteiger partial charge in [-0.15, -0.1) is 0 Å². The molecule has 3 rings (SSSR count). The molecule has 1 amide bonds. The zero-order chi connectivity index (χ0) is 21.9. The number of benzene rings is 2. The molecular formula is C19H14Cl2FN3O4S. The predicted octanol–water partition coefficient (Wildman–Crippen LogP) is 4.15. The van der Waals surface area contributed by atoms with E-state index in [-0.39, 0.29) is 34.3 Å². The maximum absolute atomic E-state index is 13.4. The van der Waals surface area contributed by atoms with Crippen LogP contribution in [0.5, 0.6) is 11.6 Å². The lowest BCUT2D eigenvalue weighted by atomic mass is 10.1. The van der Waals surface area contributed by atoms with Gasteiger partial charge in [0.25, 0.3) is 0 Å². The van der Waals surface area contributed by atoms with E-state index in [1.165, 1.54) is 24.4 Å². The van der Waals surface area contributed by atoms with Crippen LogP contribution in [-0.2, 0) is 21.2 Å². The molecule has 11 heteroatoms. The van der Waals surface area contributed by atoms with Crippen molar-refractivity contribution in [2.24, 2.45) is 5.14 Å². The summed E-state index contributed by atoms with van der Waals surface area (Å²) in [5, 5.41) is 8.33. The minimum absolute atomic E-state index is 0.0509. The third kappa shape index (κ3) is 5.67. The fourth-order valence-electron chi connectivity index (χ4n) is 2.48. The highest BCUT2D eigenvalue weighted by Gasteiger charge is 2.20. The highest BCUT2D eigenvalue weighted by atomic mass is 35.5. The van der Waals surface area contributed by atoms with Crippen molar-refractivity contribution in [3.05, 3.63) is 76.2 Å². The number of primary sulfonamides is 1. The Morgan fingerprint density at radius 1 is 1.17 bits per heavy atom. The smallest absolute Gasteiger partial charge is 0.243 e. The van der Waals surface area contributed by atoms with E-state index in [2.05, 4.69) is 10.3 Å². The quantitative estimate of drug-likeness (QED) is 0.563. The first-order valence-corrected chi connectivity index (χ1v) is 10.6. The van der Waals surface area contributed by atoms with Gasteiger partial charge in [-0.05, 0) is 48.0 Å². The van der Waals surface area contributed by atoms with Gasteiger partial charge in [0.15, 0.2) is 0 Å². The van der Waals surface area contributed by atoms with E-state index in [9.17, 15) is 17.6 Å². The first-order valence-electron chi connectivity index (χ1n) is 8.32. The normalized spacial score (nSPS) is 11.2. The maximum Gasteiger partial charge on any atom is 0.243 e. The number of hydrogen-bond acceptors (Lipinski definition) is 5. The molecule has 1 aromatic heterocycles. The lowest BCUT2D eigenvalue weighted by Gasteiger charge is -2.12. The molecular weight excluding hydrogens is 456 g/mol. The van der Waals surface area contributed by atoms with Gasteiger partial charge in [-0.1, -0.05) is 29.3 Å². The Balaban J connectivity index is 1.84. The minimum atomic E-state index is -4.24. The highest BCUT2D eigenvalue weighted by molar-refractivity contribution is 7.89. The van der Waals surface area contributed by atoms with E-state index in [4.69, 9.17) is 33.1 Å². The van der Waals surface area contributed by atoms with Crippen LogP contribution in [0.4, 0.5) is 10.1 Å². The lowest BCUT2D eigenvalue weighted by molar-refractivity contribution is -0.115. The molecule has 0 atom stereocenters. The van der Waals surface area contributed by atoms with Crippen molar-refractivity contribution in [3.63, 3.8) is 0 Å². The molecule has 2 aromatic carbocycles. The number of halogens is 3. The number of aromatic nitrogens is 1. The number of nitrogens with one attached hydrogen (secondary N) is 1. The van der Waals surface area contributed by atoms with Crippen molar-refractivity contribution in [2.75, 3.05) is 5.32 Å². The SMILES string of the molecule is NS(=O)(=O)c1cc(NC(=O)Cc2cc(F)ccc2Cl)cnc1Oc1cccc(Cl)c1. The molecule has 0 fully saturated rings. The Morgan fingerprint density at radius 2 is 1.93 bits per heavy atom. The summed E-state index contributed by atoms with van der Waals surface area (Å²) in [5.41, 5.74) is 0.324. The fourth-order valence-corrected chi connectivity index (χ4v) is 3.47. The van der Waals surface area contributed by atoms with Gasteiger partial charge in [0.2, 0.25) is 21.8 Å². The Morgan fingerprint density at radius 3 is 2.63 bits per heavy atom. The molecule has 0 saturated heterocycles. The van der Waals surface area contributed by atoms with Gasteiger partial charge in [0, 0.05) is 10.0 Å². The summed E-state index contributed by atoms with van der Waals surface area (Å²) in [6.07, 6.45) is 0.960. The van der Waals surface area contributed by atoms with Crippen LogP contribution >= 0.6 is 23.2 Å². The van der Waals surface area contributed by atoms with Crippen LogP contribution in [0.15, 0.2) is 59.6 Å². The molecule has 0 aliphatic rings. The zero-order valence-electron chi connectivity index (χ0n) is 15.1. The van der Waals surface area contributed by atoms with E-state index in [0.717, 1.165) is 12.1 Å². The van der Waals surface area contributed by atoms with Gasteiger partial charge in [0.1, 0.15) is 16.5 Å². The lowest BCUT2D eigenvalue weighted by Crippen LogP contribution is -2.17. The molecule has 0 bridgehead atoms. The summed E-state index contributed by atoms with van der Waals surface area (Å²) >= 11 is 11.8. The van der Waals surface area contributed by atoms with Crippen LogP contribution in [0, 0.1) is 5.82 Å². The summed E-state index contributed by atoms with van der Waals surface area (Å²) < 4.78 is 42.8. The van der Waals surface area contributed by atoms with Crippen molar-refractivity contribution in [3.8, 4) is 11.6 Å². The van der Waals surface area contributed by atoms with Crippen molar-refractivity contribution in [2.45, 2.75) is 11.3 Å². The third-order valence-electron chi connectivity index (χ3n) is 3.78. The minimum Gasteiger partial charge on any atom is -0.438 e. The average molecular weight is 470 g/mol. The molecule has 1 heterocycles. The molecule has 30 heavy (non-hydrogen) atoms. The van der Waals surface area contributed by atoms with E-state index in [1.54, 1.807) is 18.2 Å². The monoisotopic (exact) mass is 469 g/mol. The van der Waals surface area contributed by atoms with Gasteiger partial charge < -0.3 is 10.1 Å². The topological polar surface area (TPSA) is 111 Å². The Hall–Kier alpha value is -2.72. The van der Waals surface area contributed by atoms with E-state index in [0.29, 0.717) is 5.02 Å². The summed E-state index contributed by atoms with van der Waals surface area (Å²) in [7, 11) is -4.24. The molecule has 0 aliphatic heterocycles. The Kier molecular flexibility index (Phi) is 6.57. The van der Waals surface area contributed by atoms with Crippen LogP contribution in [-0.4, -0.2) is 19.3 Å². The van der Waals surface area contributed by atoms with Crippen LogP contribution in [0.25, 0.3) is 0 Å². The van der Waals surface area contributed by atoms with Gasteiger partial charge >= 0.3 is 0 Å². The standard InChI is InChI=1S/C19H14Cl2FN3O4S/c20-12-2-1-3-15(8-12)29-19-17(30(23,27)28)9-14(10-24-19)25-18(26)7-11-6-13(22)4-5-16(11)21/h1-6,8-10H,7H2,(H,25,26)(H2,23,27,28). The van der Waals surface area contributed by atoms with E-state index >= 15 is 0 Å². The number of carbonyl (C=O) groups excluding carboxylic acids is 1. The molecule has 0 radical (unpaired) electrons. The Labute approximate surface area is 181 Å². The van der Waals surface area contributed by atoms with Crippen LogP contribution in [0.2, 0.25) is 10.0 Å². The first kappa shape index (κ1) is 22.0. The number of anilines is 1. The molecule has 156 valence electrons. The molecule has 0 spiro atoms. The summed E-state index contributed by atoms with van der Waals surface area (Å²) in [4.78, 5) is 15.8. The molecule has 3 N–H and O–H groups in total. The second-order valence-corrected chi connectivity index (χ2v) is 8.47. The van der Waals surface area contributed by atoms with Gasteiger partial charge in [-0.2, -0.15) is 0 Å². The zero-order valence-corrected chi connectivity index (χ0v) is 17.4. The number of pyridine rings is 1. The number of nitrogens with zero attached hydrogens (tertiary/aromatic N) is 1. The van der Waals surface area contributed by atoms with Gasteiger partial charge in [0.05, 0.1) is 18.3 Å². The van der Waals surface area contributed by atoms with Crippen molar-refractivity contribution in [1.29, 1.82) is 0 Å². The average Bonchev–Trinajstić information content (AvgIpc) is 2.65. The predicted molar refractivity (Wildman–Crippen MR) is 111 cm³/mol. The third-order valence-corrected chi connectivity index (χ3v) is 5.29. The van der Waals surface area contributed by atoms with Crippen LogP contribution in [0.1, 0.15) is 5.56 Å². The number of carbonyl (C=O) groups is 1. The summed E-state index contributed by atoms with van der Waals surface area (Å²) in [6, 6.07) is 11.0. The largest absolute Gasteiger partial charge is 0.438 e. The van der Waals surface area contributed by atoms with Crippen LogP contribution < -0.4 is 15.2 Å².